The zero-order chi connectivity index (χ0) is 60.6. The molecule has 0 amide bonds. The molecule has 17 aromatic rings. The summed E-state index contributed by atoms with van der Waals surface area (Å²) in [7, 11) is 0. The third-order valence-corrected chi connectivity index (χ3v) is 18.3. The van der Waals surface area contributed by atoms with E-state index >= 15 is 0 Å². The molecule has 1 aliphatic carbocycles. The Balaban J connectivity index is 0.000000121. The molecule has 18 rings (SSSR count). The zero-order valence-corrected chi connectivity index (χ0v) is 51.9. The Kier molecular flexibility index (Phi) is 14.6. The molecule has 1 aliphatic rings. The Morgan fingerprint density at radius 3 is 1.15 bits per heavy atom. The summed E-state index contributed by atoms with van der Waals surface area (Å²) in [5.41, 5.74) is 23.3. The number of rotatable bonds is 9. The van der Waals surface area contributed by atoms with Crippen LogP contribution in [-0.4, -0.2) is 13.7 Å². The van der Waals surface area contributed by atoms with Crippen LogP contribution in [0.2, 0.25) is 0 Å². The van der Waals surface area contributed by atoms with Crippen LogP contribution in [0.1, 0.15) is 22.6 Å². The monoisotopic (exact) mass is 1280 g/mol. The predicted molar refractivity (Wildman–Crippen MR) is 392 cm³/mol. The quantitative estimate of drug-likeness (QED) is 0.146. The van der Waals surface area contributed by atoms with Crippen LogP contribution in [0.4, 0.5) is 28.4 Å². The molecule has 0 saturated heterocycles. The minimum Gasteiger partial charge on any atom is -0.356 e. The Hall–Kier alpha value is -11.2. The topological polar surface area (TPSA) is 30.1 Å². The van der Waals surface area contributed by atoms with E-state index in [4.69, 9.17) is 0 Å². The van der Waals surface area contributed by atoms with Gasteiger partial charge in [0, 0.05) is 87.3 Å². The van der Waals surface area contributed by atoms with Gasteiger partial charge in [-0.15, -0.1) is 0 Å². The van der Waals surface area contributed by atoms with Crippen molar-refractivity contribution in [2.75, 3.05) is 10.2 Å². The average Bonchev–Trinajstić information content (AvgIpc) is 1.70. The summed E-state index contributed by atoms with van der Waals surface area (Å²) >= 11 is 2.38. The number of aromatic nitrogens is 3. The van der Waals surface area contributed by atoms with Crippen molar-refractivity contribution in [1.29, 1.82) is 0 Å². The Morgan fingerprint density at radius 2 is 0.648 bits per heavy atom. The molecule has 0 aliphatic heterocycles. The lowest BCUT2D eigenvalue weighted by Crippen LogP contribution is -2.09. The molecule has 1 atom stereocenters. The van der Waals surface area contributed by atoms with E-state index in [9.17, 15) is 0 Å². The fourth-order valence-electron chi connectivity index (χ4n) is 13.7. The lowest BCUT2D eigenvalue weighted by molar-refractivity contribution is 1.02. The predicted octanol–water partition coefficient (Wildman–Crippen LogP) is 23.3. The standard InChI is InChI=1S/C42H29N3.C25H19N.C18H12IN/c1-4-14-30(15-5-1)43(33-24-26-41-37(28-33)35-20-10-12-22-39(35)44(41)31-16-6-2-7-17-31)34-25-27-42-38(29-34)36-21-11-13-23-40(36)45(42)32-18-8-3-9-19-32;1-3-9-18(10-4-1)25-22-14-8-7-13-21(22)24-17-20(15-16-23(24)25)26-19-11-5-2-6-12-19;19-13-10-11-18-16(12-13)15-8-4-5-9-17(15)20(18)14-6-2-1-3-7-14/h1-29H;1-17,25-26H;1-12H. The van der Waals surface area contributed by atoms with Crippen molar-refractivity contribution in [2.24, 2.45) is 0 Å². The van der Waals surface area contributed by atoms with Gasteiger partial charge in [-0.2, -0.15) is 0 Å². The first-order valence-corrected chi connectivity index (χ1v) is 32.0. The second-order valence-electron chi connectivity index (χ2n) is 23.0. The lowest BCUT2D eigenvalue weighted by atomic mass is 9.89. The first-order valence-electron chi connectivity index (χ1n) is 31.0. The van der Waals surface area contributed by atoms with Gasteiger partial charge in [-0.05, 0) is 196 Å². The minimum absolute atomic E-state index is 0.313. The van der Waals surface area contributed by atoms with E-state index in [1.165, 1.54) is 102 Å². The van der Waals surface area contributed by atoms with E-state index in [0.29, 0.717) is 5.92 Å². The fraction of sp³-hybridized carbons (Fsp3) is 0.0118. The highest BCUT2D eigenvalue weighted by atomic mass is 127. The Labute approximate surface area is 542 Å². The van der Waals surface area contributed by atoms with Gasteiger partial charge in [0.05, 0.1) is 33.1 Å². The summed E-state index contributed by atoms with van der Waals surface area (Å²) in [5.74, 6) is 0.313. The van der Waals surface area contributed by atoms with Gasteiger partial charge in [-0.25, -0.2) is 0 Å². The smallest absolute Gasteiger partial charge is 0.0542 e. The summed E-state index contributed by atoms with van der Waals surface area (Å²) in [6, 6.07) is 126. The van der Waals surface area contributed by atoms with Gasteiger partial charge < -0.3 is 23.9 Å². The molecule has 6 heteroatoms. The minimum atomic E-state index is 0.313. The zero-order valence-electron chi connectivity index (χ0n) is 49.7. The van der Waals surface area contributed by atoms with Crippen molar-refractivity contribution in [1.82, 2.24) is 13.7 Å². The van der Waals surface area contributed by atoms with E-state index in [1.54, 1.807) is 0 Å². The highest BCUT2D eigenvalue weighted by Gasteiger charge is 2.30. The Morgan fingerprint density at radius 1 is 0.264 bits per heavy atom. The van der Waals surface area contributed by atoms with Crippen LogP contribution in [0.25, 0.3) is 93.6 Å². The van der Waals surface area contributed by atoms with E-state index in [-0.39, 0.29) is 0 Å². The van der Waals surface area contributed by atoms with Gasteiger partial charge in [0.2, 0.25) is 0 Å². The van der Waals surface area contributed by atoms with Gasteiger partial charge >= 0.3 is 0 Å². The van der Waals surface area contributed by atoms with Gasteiger partial charge in [0.15, 0.2) is 0 Å². The molecule has 91 heavy (non-hydrogen) atoms. The molecule has 432 valence electrons. The van der Waals surface area contributed by atoms with Gasteiger partial charge in [-0.1, -0.05) is 206 Å². The van der Waals surface area contributed by atoms with Crippen LogP contribution in [-0.2, 0) is 0 Å². The summed E-state index contributed by atoms with van der Waals surface area (Å²) < 4.78 is 8.34. The number of benzene rings is 14. The Bertz CT molecular complexity index is 5290. The lowest BCUT2D eigenvalue weighted by Gasteiger charge is -2.26. The van der Waals surface area contributed by atoms with Crippen molar-refractivity contribution in [3.8, 4) is 28.2 Å². The molecule has 0 bridgehead atoms. The van der Waals surface area contributed by atoms with E-state index in [1.807, 2.05) is 6.07 Å². The molecule has 1 unspecified atom stereocenters. The number of hydrogen-bond donors (Lipinski definition) is 1. The number of hydrogen-bond acceptors (Lipinski definition) is 2. The molecule has 1 N–H and O–H groups in total. The molecule has 5 nitrogen and oxygen atoms in total. The number of nitrogens with one attached hydrogen (secondary N) is 1. The number of fused-ring (bicyclic) bond motifs is 12. The molecular weight excluding hydrogens is 1220 g/mol. The number of anilines is 5. The van der Waals surface area contributed by atoms with Gasteiger partial charge in [0.1, 0.15) is 0 Å². The van der Waals surface area contributed by atoms with Gasteiger partial charge in [-0.3, -0.25) is 0 Å². The van der Waals surface area contributed by atoms with Crippen molar-refractivity contribution in [3.05, 3.63) is 372 Å². The summed E-state index contributed by atoms with van der Waals surface area (Å²) in [6.45, 7) is 0. The highest BCUT2D eigenvalue weighted by molar-refractivity contribution is 14.1. The maximum absolute atomic E-state index is 3.52. The van der Waals surface area contributed by atoms with Crippen LogP contribution in [0, 0.1) is 3.57 Å². The van der Waals surface area contributed by atoms with E-state index < -0.39 is 0 Å². The summed E-state index contributed by atoms with van der Waals surface area (Å²) in [5, 5.41) is 11.1. The van der Waals surface area contributed by atoms with Crippen molar-refractivity contribution in [2.45, 2.75) is 5.92 Å². The van der Waals surface area contributed by atoms with Crippen molar-refractivity contribution in [3.63, 3.8) is 0 Å². The van der Waals surface area contributed by atoms with Crippen molar-refractivity contribution < 1.29 is 0 Å². The second kappa shape index (κ2) is 24.1. The average molecular weight is 1280 g/mol. The molecule has 0 spiro atoms. The molecule has 0 fully saturated rings. The first-order chi connectivity index (χ1) is 45.1. The van der Waals surface area contributed by atoms with E-state index in [2.05, 4.69) is 392 Å². The SMILES string of the molecule is Ic1ccc2c(c1)c1ccccc1n2-c1ccccc1.c1ccc(N(c2ccc3c(c2)c2ccccc2n3-c2ccccc2)c2ccc3c(c2)c2ccccc2n3-c2ccccc2)cc1.c1ccc(Nc2ccc3c(c2)-c2ccccc2C3c2ccccc2)cc1. The third-order valence-electron chi connectivity index (χ3n) is 17.6. The molecule has 0 saturated carbocycles. The molecule has 3 heterocycles. The fourth-order valence-corrected chi connectivity index (χ4v) is 14.2. The van der Waals surface area contributed by atoms with Crippen LogP contribution in [0.5, 0.6) is 0 Å². The largest absolute Gasteiger partial charge is 0.356 e. The number of halogens is 1. The first kappa shape index (κ1) is 55.1. The maximum atomic E-state index is 3.52. The highest BCUT2D eigenvalue weighted by Crippen LogP contribution is 2.49. The van der Waals surface area contributed by atoms with Gasteiger partial charge in [0.25, 0.3) is 0 Å². The van der Waals surface area contributed by atoms with Crippen LogP contribution in [0.3, 0.4) is 0 Å². The van der Waals surface area contributed by atoms with Crippen LogP contribution >= 0.6 is 22.6 Å². The number of nitrogens with zero attached hydrogens (tertiary/aromatic N) is 4. The third kappa shape index (κ3) is 10.3. The molecule has 0 radical (unpaired) electrons. The second-order valence-corrected chi connectivity index (χ2v) is 24.3. The summed E-state index contributed by atoms with van der Waals surface area (Å²) in [4.78, 5) is 2.38. The maximum Gasteiger partial charge on any atom is 0.0542 e. The molecular formula is C85H60IN5. The van der Waals surface area contributed by atoms with Crippen LogP contribution in [0.15, 0.2) is 352 Å². The van der Waals surface area contributed by atoms with Crippen LogP contribution < -0.4 is 10.2 Å². The molecule has 14 aromatic carbocycles. The number of para-hydroxylation sites is 8. The van der Waals surface area contributed by atoms with Crippen molar-refractivity contribution >= 4 is 116 Å². The normalized spacial score (nSPS) is 12.3. The summed E-state index contributed by atoms with van der Waals surface area (Å²) in [6.07, 6.45) is 0. The van der Waals surface area contributed by atoms with E-state index in [0.717, 1.165) is 39.8 Å². The molecule has 3 aromatic heterocycles.